The normalized spacial score (nSPS) is 11.5. The third-order valence-electron chi connectivity index (χ3n) is 17.4. The van der Waals surface area contributed by atoms with E-state index in [2.05, 4.69) is 255 Å². The van der Waals surface area contributed by atoms with E-state index in [-0.39, 0.29) is 0 Å². The fraction of sp³-hybridized carbons (Fsp3) is 0.377. The molecule has 0 unspecified atom stereocenters. The zero-order valence-electron chi connectivity index (χ0n) is 55.7. The summed E-state index contributed by atoms with van der Waals surface area (Å²) < 4.78 is 42.9. The molecule has 3 aromatic carbocycles. The Morgan fingerprint density at radius 1 is 0.271 bits per heavy atom. The van der Waals surface area contributed by atoms with Crippen molar-refractivity contribution < 1.29 is 36.2 Å². The van der Waals surface area contributed by atoms with E-state index >= 15 is 8.78 Å². The average Bonchev–Trinajstić information content (AvgIpc) is 3.32. The summed E-state index contributed by atoms with van der Waals surface area (Å²) >= 11 is 0. The van der Waals surface area contributed by atoms with Crippen LogP contribution in [0.25, 0.3) is 67.5 Å². The van der Waals surface area contributed by atoms with Crippen LogP contribution in [0.15, 0.2) is 140 Å². The number of nitrogens with zero attached hydrogens (tertiary/aromatic N) is 6. The van der Waals surface area contributed by atoms with Crippen LogP contribution in [0.5, 0.6) is 0 Å². The lowest BCUT2D eigenvalue weighted by molar-refractivity contribution is -0.661. The predicted octanol–water partition coefficient (Wildman–Crippen LogP) is 16.6. The molecule has 0 aliphatic carbocycles. The first kappa shape index (κ1) is 65.0. The van der Waals surface area contributed by atoms with E-state index in [1.807, 2.05) is 59.9 Å². The van der Waals surface area contributed by atoms with Crippen molar-refractivity contribution in [1.29, 1.82) is 0 Å². The maximum atomic E-state index is 15.1. The smallest absolute Gasteiger partial charge is 0.206 e. The summed E-state index contributed by atoms with van der Waals surface area (Å²) in [4.78, 5) is 0. The third-order valence-corrected chi connectivity index (χ3v) is 17.4. The molecule has 444 valence electrons. The van der Waals surface area contributed by atoms with Crippen molar-refractivity contribution >= 4 is 0 Å². The van der Waals surface area contributed by atoms with Gasteiger partial charge in [0.25, 0.3) is 0 Å². The number of halogens is 2. The van der Waals surface area contributed by atoms with Gasteiger partial charge in [-0.1, -0.05) is 95.2 Å². The standard InChI is InChI=1S/C27H36N2.C25H30F2N2.C25H32N2/c1-17(2)22-10-12-28(8)24(15-22)26-19(5)14-20(6)27(21(26)7)25-16-23(18(3)4)11-13-29(25)9;1-15(2)18-8-10-28(6)22(12-18)24-17(5)25(21(27)14-20(24)26)23-13-19(16(3)4)9-11-29(23)7;1-17(2)20-11-13-26(6)24(15-20)22-9-8-10-23(19(22)5)25-16-21(18(3)4)12-14-27(25)7/h10-18H,1-9H3;8-16H,1-7H3;8-18H,1-7H3/q3*+2. The molecule has 0 bridgehead atoms. The third kappa shape index (κ3) is 14.2. The summed E-state index contributed by atoms with van der Waals surface area (Å²) in [7, 11) is 12.3. The number of hydrogen-bond donors (Lipinski definition) is 0. The lowest BCUT2D eigenvalue weighted by Gasteiger charge is -2.17. The first-order valence-electron chi connectivity index (χ1n) is 30.7. The first-order chi connectivity index (χ1) is 40.0. The van der Waals surface area contributed by atoms with Gasteiger partial charge in [-0.15, -0.1) is 0 Å². The second-order valence-corrected chi connectivity index (χ2v) is 25.7. The van der Waals surface area contributed by atoms with Crippen LogP contribution < -0.4 is 27.4 Å². The molecule has 6 nitrogen and oxygen atoms in total. The van der Waals surface area contributed by atoms with Crippen molar-refractivity contribution in [2.24, 2.45) is 42.3 Å². The molecule has 0 amide bonds. The van der Waals surface area contributed by atoms with Gasteiger partial charge in [-0.3, -0.25) is 0 Å². The zero-order chi connectivity index (χ0) is 62.6. The molecule has 0 N–H and O–H groups in total. The SMILES string of the molecule is Cc1c(-c2cc(C(C)C)cc[n+]2C)c(F)cc(F)c1-c1cc(C(C)C)cc[n+]1C.Cc1c(-c2cc(C(C)C)cc[n+]2C)cccc1-c1cc(C(C)C)cc[n+]1C.Cc1cc(C)c(-c2cc(C(C)C)cc[n+]2C)c(C)c1-c1cc(C(C)C)cc[n+]1C. The quantitative estimate of drug-likeness (QED) is 0.109. The molecule has 0 radical (unpaired) electrons. The van der Waals surface area contributed by atoms with Gasteiger partial charge in [0.05, 0.1) is 22.3 Å². The van der Waals surface area contributed by atoms with Gasteiger partial charge in [0.15, 0.2) is 37.2 Å². The van der Waals surface area contributed by atoms with Crippen molar-refractivity contribution in [3.63, 3.8) is 0 Å². The second-order valence-electron chi connectivity index (χ2n) is 25.7. The van der Waals surface area contributed by atoms with E-state index in [1.54, 1.807) is 6.92 Å². The van der Waals surface area contributed by atoms with Gasteiger partial charge in [-0.05, 0) is 143 Å². The lowest BCUT2D eigenvalue weighted by atomic mass is 9.88. The number of aromatic nitrogens is 6. The summed E-state index contributed by atoms with van der Waals surface area (Å²) in [5, 5.41) is 0. The molecule has 9 rings (SSSR count). The minimum Gasteiger partial charge on any atom is -0.206 e. The van der Waals surface area contributed by atoms with Gasteiger partial charge < -0.3 is 0 Å². The molecule has 0 aliphatic heterocycles. The van der Waals surface area contributed by atoms with Gasteiger partial charge in [-0.2, -0.15) is 0 Å². The van der Waals surface area contributed by atoms with Crippen LogP contribution in [0.1, 0.15) is 180 Å². The van der Waals surface area contributed by atoms with Crippen molar-refractivity contribution in [1.82, 2.24) is 0 Å². The number of benzene rings is 3. The van der Waals surface area contributed by atoms with Gasteiger partial charge in [0.1, 0.15) is 53.9 Å². The Balaban J connectivity index is 0.000000183. The highest BCUT2D eigenvalue weighted by Crippen LogP contribution is 2.38. The van der Waals surface area contributed by atoms with E-state index in [0.717, 1.165) is 28.6 Å². The Hall–Kier alpha value is -7.58. The summed E-state index contributed by atoms with van der Waals surface area (Å²) in [6.07, 6.45) is 12.6. The Kier molecular flexibility index (Phi) is 20.8. The van der Waals surface area contributed by atoms with Crippen molar-refractivity contribution in [3.8, 4) is 67.5 Å². The van der Waals surface area contributed by atoms with Gasteiger partial charge in [0, 0.05) is 90.0 Å². The zero-order valence-corrected chi connectivity index (χ0v) is 55.7. The summed E-state index contributed by atoms with van der Waals surface area (Å²) in [5.74, 6) is 1.63. The Morgan fingerprint density at radius 3 is 0.753 bits per heavy atom. The number of aryl methyl sites for hydroxylation is 8. The molecule has 6 aromatic heterocycles. The molecule has 9 aromatic rings. The molecule has 8 heteroatoms. The molecular weight excluding hydrogens is 1050 g/mol. The van der Waals surface area contributed by atoms with Crippen molar-refractivity contribution in [2.45, 2.75) is 153 Å². The Bertz CT molecular complexity index is 3490. The Labute approximate surface area is 509 Å². The van der Waals surface area contributed by atoms with Crippen LogP contribution in [0.4, 0.5) is 8.78 Å². The minimum absolute atomic E-state index is 0.318. The van der Waals surface area contributed by atoms with Gasteiger partial charge in [-0.25, -0.2) is 36.2 Å². The molecule has 6 heterocycles. The largest absolute Gasteiger partial charge is 0.215 e. The highest BCUT2D eigenvalue weighted by Gasteiger charge is 2.29. The average molecular weight is 1150 g/mol. The fourth-order valence-corrected chi connectivity index (χ4v) is 11.7. The van der Waals surface area contributed by atoms with Crippen molar-refractivity contribution in [3.05, 3.63) is 213 Å². The number of pyridine rings is 6. The molecule has 0 aliphatic rings. The summed E-state index contributed by atoms with van der Waals surface area (Å²) in [6, 6.07) is 36.4. The van der Waals surface area contributed by atoms with E-state index < -0.39 is 11.6 Å². The maximum absolute atomic E-state index is 15.1. The van der Waals surface area contributed by atoms with E-state index in [9.17, 15) is 0 Å². The highest BCUT2D eigenvalue weighted by molar-refractivity contribution is 5.79. The summed E-state index contributed by atoms with van der Waals surface area (Å²) in [6.45, 7) is 37.3. The van der Waals surface area contributed by atoms with Crippen LogP contribution in [-0.4, -0.2) is 0 Å². The minimum atomic E-state index is -0.539. The van der Waals surface area contributed by atoms with Crippen LogP contribution in [-0.2, 0) is 42.3 Å². The maximum Gasteiger partial charge on any atom is 0.215 e. The molecule has 0 saturated carbocycles. The number of hydrogen-bond acceptors (Lipinski definition) is 0. The van der Waals surface area contributed by atoms with E-state index in [1.165, 1.54) is 89.5 Å². The second kappa shape index (κ2) is 27.2. The highest BCUT2D eigenvalue weighted by atomic mass is 19.1. The lowest BCUT2D eigenvalue weighted by Crippen LogP contribution is -2.32. The van der Waals surface area contributed by atoms with Crippen LogP contribution in [0, 0.1) is 46.3 Å². The van der Waals surface area contributed by atoms with Gasteiger partial charge in [0.2, 0.25) is 34.2 Å². The Morgan fingerprint density at radius 2 is 0.494 bits per heavy atom. The van der Waals surface area contributed by atoms with Crippen LogP contribution >= 0.6 is 0 Å². The van der Waals surface area contributed by atoms with Crippen LogP contribution in [0.3, 0.4) is 0 Å². The van der Waals surface area contributed by atoms with Gasteiger partial charge >= 0.3 is 0 Å². The molecule has 0 saturated heterocycles. The monoisotopic (exact) mass is 1140 g/mol. The topological polar surface area (TPSA) is 23.3 Å². The molecule has 0 fully saturated rings. The fourth-order valence-electron chi connectivity index (χ4n) is 11.7. The first-order valence-corrected chi connectivity index (χ1v) is 30.7. The number of rotatable bonds is 12. The van der Waals surface area contributed by atoms with Crippen LogP contribution in [0.2, 0.25) is 0 Å². The predicted molar refractivity (Wildman–Crippen MR) is 347 cm³/mol. The molecule has 0 spiro atoms. The van der Waals surface area contributed by atoms with Crippen molar-refractivity contribution in [2.75, 3.05) is 0 Å². The molecular formula is C77H98F2N6+6. The molecule has 85 heavy (non-hydrogen) atoms. The molecule has 0 atom stereocenters. The van der Waals surface area contributed by atoms with E-state index in [4.69, 9.17) is 0 Å². The van der Waals surface area contributed by atoms with E-state index in [0.29, 0.717) is 52.2 Å². The summed E-state index contributed by atoms with van der Waals surface area (Å²) in [5.41, 5.74) is 26.5.